The van der Waals surface area contributed by atoms with Crippen molar-refractivity contribution >= 4 is 40.2 Å². The molecule has 0 aliphatic carbocycles. The van der Waals surface area contributed by atoms with Crippen molar-refractivity contribution in [2.75, 3.05) is 22.9 Å². The van der Waals surface area contributed by atoms with Gasteiger partial charge in [-0.1, -0.05) is 41.9 Å². The zero-order valence-electron chi connectivity index (χ0n) is 18.7. The number of aromatic nitrogens is 4. The predicted molar refractivity (Wildman–Crippen MR) is 133 cm³/mol. The van der Waals surface area contributed by atoms with E-state index in [2.05, 4.69) is 32.7 Å². The number of nitrogen functional groups attached to an aromatic ring is 1. The maximum atomic E-state index is 10.0. The van der Waals surface area contributed by atoms with E-state index in [1.807, 2.05) is 28.8 Å². The Balaban J connectivity index is 1.65. The van der Waals surface area contributed by atoms with Crippen LogP contribution in [0.5, 0.6) is 0 Å². The first kappa shape index (κ1) is 22.8. The average Bonchev–Trinajstić information content (AvgIpc) is 3.17. The van der Waals surface area contributed by atoms with Crippen LogP contribution in [0.4, 0.5) is 17.5 Å². The molecule has 0 fully saturated rings. The summed E-state index contributed by atoms with van der Waals surface area (Å²) in [6.45, 7) is 5.15. The molecular weight excluding hydrogens is 438 g/mol. The second kappa shape index (κ2) is 9.64. The second-order valence-corrected chi connectivity index (χ2v) is 9.05. The molecule has 2 heterocycles. The van der Waals surface area contributed by atoms with Crippen molar-refractivity contribution in [3.8, 4) is 0 Å². The number of nitrogens with one attached hydrogen (secondary N) is 2. The number of imidazole rings is 1. The topological polar surface area (TPSA) is 114 Å². The van der Waals surface area contributed by atoms with E-state index >= 15 is 0 Å². The highest BCUT2D eigenvalue weighted by atomic mass is 35.5. The number of halogens is 1. The molecule has 0 atom stereocenters. The maximum absolute atomic E-state index is 10.0. The lowest BCUT2D eigenvalue weighted by molar-refractivity contribution is 0.0748. The molecular formula is C24H28ClN7O. The van der Waals surface area contributed by atoms with Gasteiger partial charge in [0.1, 0.15) is 0 Å². The van der Waals surface area contributed by atoms with Crippen LogP contribution in [-0.2, 0) is 13.1 Å². The Hall–Kier alpha value is -3.36. The second-order valence-electron chi connectivity index (χ2n) is 8.61. The number of hydrogen-bond donors (Lipinski definition) is 4. The van der Waals surface area contributed by atoms with E-state index in [1.165, 1.54) is 0 Å². The molecule has 0 unspecified atom stereocenters. The van der Waals surface area contributed by atoms with Gasteiger partial charge in [-0.15, -0.1) is 0 Å². The zero-order chi connectivity index (χ0) is 23.4. The Morgan fingerprint density at radius 1 is 1.09 bits per heavy atom. The Morgan fingerprint density at radius 3 is 2.64 bits per heavy atom. The SMILES string of the molecule is CC(C)(O)CCNc1nc(NCc2cc(Cl)ccc2N)c2ncn(Cc3ccccc3)c2n1. The number of anilines is 3. The maximum Gasteiger partial charge on any atom is 0.226 e. The van der Waals surface area contributed by atoms with Crippen LogP contribution in [0, 0.1) is 0 Å². The predicted octanol–water partition coefficient (Wildman–Crippen LogP) is 4.30. The normalized spacial score (nSPS) is 11.6. The van der Waals surface area contributed by atoms with Crippen molar-refractivity contribution in [1.29, 1.82) is 0 Å². The highest BCUT2D eigenvalue weighted by Gasteiger charge is 2.16. The number of fused-ring (bicyclic) bond motifs is 1. The summed E-state index contributed by atoms with van der Waals surface area (Å²) in [5, 5.41) is 17.2. The van der Waals surface area contributed by atoms with Gasteiger partial charge in [-0.2, -0.15) is 9.97 Å². The molecule has 0 aliphatic rings. The molecule has 33 heavy (non-hydrogen) atoms. The first-order valence-electron chi connectivity index (χ1n) is 10.8. The summed E-state index contributed by atoms with van der Waals surface area (Å²) in [7, 11) is 0. The fourth-order valence-corrected chi connectivity index (χ4v) is 3.62. The smallest absolute Gasteiger partial charge is 0.226 e. The number of nitrogens with two attached hydrogens (primary N) is 1. The number of benzene rings is 2. The molecule has 0 spiro atoms. The minimum atomic E-state index is -0.780. The highest BCUT2D eigenvalue weighted by Crippen LogP contribution is 2.24. The van der Waals surface area contributed by atoms with Gasteiger partial charge in [-0.05, 0) is 49.6 Å². The van der Waals surface area contributed by atoms with Gasteiger partial charge in [0.05, 0.1) is 18.5 Å². The molecule has 0 amide bonds. The molecule has 4 aromatic rings. The number of nitrogens with zero attached hydrogens (tertiary/aromatic N) is 4. The van der Waals surface area contributed by atoms with E-state index in [-0.39, 0.29) is 0 Å². The van der Waals surface area contributed by atoms with E-state index in [9.17, 15) is 5.11 Å². The summed E-state index contributed by atoms with van der Waals surface area (Å²) in [6, 6.07) is 15.5. The lowest BCUT2D eigenvalue weighted by Crippen LogP contribution is -2.23. The Kier molecular flexibility index (Phi) is 6.67. The summed E-state index contributed by atoms with van der Waals surface area (Å²) in [4.78, 5) is 13.9. The fourth-order valence-electron chi connectivity index (χ4n) is 3.43. The third-order valence-corrected chi connectivity index (χ3v) is 5.47. The number of aliphatic hydroxyl groups is 1. The van der Waals surface area contributed by atoms with Crippen LogP contribution >= 0.6 is 11.6 Å². The Bertz CT molecular complexity index is 1240. The van der Waals surface area contributed by atoms with Crippen LogP contribution in [0.3, 0.4) is 0 Å². The molecule has 8 nitrogen and oxygen atoms in total. The molecule has 0 saturated carbocycles. The van der Waals surface area contributed by atoms with Gasteiger partial charge in [0, 0.05) is 23.8 Å². The lowest BCUT2D eigenvalue weighted by atomic mass is 10.1. The van der Waals surface area contributed by atoms with Crippen molar-refractivity contribution < 1.29 is 5.11 Å². The van der Waals surface area contributed by atoms with Crippen molar-refractivity contribution in [3.63, 3.8) is 0 Å². The molecule has 0 bridgehead atoms. The van der Waals surface area contributed by atoms with Crippen LogP contribution in [0.15, 0.2) is 54.9 Å². The van der Waals surface area contributed by atoms with E-state index in [0.717, 1.165) is 11.1 Å². The van der Waals surface area contributed by atoms with Crippen LogP contribution in [-0.4, -0.2) is 36.8 Å². The van der Waals surface area contributed by atoms with Crippen LogP contribution in [0.2, 0.25) is 5.02 Å². The molecule has 0 radical (unpaired) electrons. The molecule has 2 aromatic carbocycles. The summed E-state index contributed by atoms with van der Waals surface area (Å²) in [5.41, 5.74) is 9.37. The van der Waals surface area contributed by atoms with Gasteiger partial charge in [0.25, 0.3) is 0 Å². The Labute approximate surface area is 197 Å². The van der Waals surface area contributed by atoms with Gasteiger partial charge in [0.15, 0.2) is 17.0 Å². The van der Waals surface area contributed by atoms with E-state index in [1.54, 1.807) is 32.3 Å². The van der Waals surface area contributed by atoms with Gasteiger partial charge < -0.3 is 26.0 Å². The average molecular weight is 466 g/mol. The van der Waals surface area contributed by atoms with Crippen LogP contribution in [0.25, 0.3) is 11.2 Å². The van der Waals surface area contributed by atoms with Crippen molar-refractivity contribution in [2.24, 2.45) is 0 Å². The standard InChI is InChI=1S/C24H28ClN7O/c1-24(2,33)10-11-27-23-30-21(28-13-17-12-18(25)8-9-19(17)26)20-22(31-23)32(15-29-20)14-16-6-4-3-5-7-16/h3-9,12,15,33H,10-11,13-14,26H2,1-2H3,(H2,27,28,30,31). The summed E-state index contributed by atoms with van der Waals surface area (Å²) >= 11 is 6.14. The minimum absolute atomic E-state index is 0.438. The Morgan fingerprint density at radius 2 is 1.88 bits per heavy atom. The molecule has 4 rings (SSSR count). The highest BCUT2D eigenvalue weighted by molar-refractivity contribution is 6.30. The molecule has 9 heteroatoms. The summed E-state index contributed by atoms with van der Waals surface area (Å²) < 4.78 is 1.99. The molecule has 2 aromatic heterocycles. The van der Waals surface area contributed by atoms with E-state index in [4.69, 9.17) is 22.3 Å². The lowest BCUT2D eigenvalue weighted by Gasteiger charge is -2.17. The summed E-state index contributed by atoms with van der Waals surface area (Å²) in [5.74, 6) is 1.06. The molecule has 5 N–H and O–H groups in total. The third kappa shape index (κ3) is 5.91. The zero-order valence-corrected chi connectivity index (χ0v) is 19.5. The fraction of sp³-hybridized carbons (Fsp3) is 0.292. The molecule has 0 saturated heterocycles. The van der Waals surface area contributed by atoms with Crippen LogP contribution in [0.1, 0.15) is 31.4 Å². The minimum Gasteiger partial charge on any atom is -0.398 e. The van der Waals surface area contributed by atoms with Crippen molar-refractivity contribution in [1.82, 2.24) is 19.5 Å². The molecule has 172 valence electrons. The number of hydrogen-bond acceptors (Lipinski definition) is 7. The van der Waals surface area contributed by atoms with Crippen molar-refractivity contribution in [2.45, 2.75) is 39.0 Å². The first-order valence-corrected chi connectivity index (χ1v) is 11.2. The van der Waals surface area contributed by atoms with Gasteiger partial charge >= 0.3 is 0 Å². The van der Waals surface area contributed by atoms with Crippen LogP contribution < -0.4 is 16.4 Å². The van der Waals surface area contributed by atoms with Crippen molar-refractivity contribution in [3.05, 3.63) is 71.0 Å². The van der Waals surface area contributed by atoms with Gasteiger partial charge in [-0.25, -0.2) is 4.98 Å². The number of rotatable bonds is 9. The van der Waals surface area contributed by atoms with Gasteiger partial charge in [-0.3, -0.25) is 0 Å². The van der Waals surface area contributed by atoms with Gasteiger partial charge in [0.2, 0.25) is 5.95 Å². The molecule has 0 aliphatic heterocycles. The monoisotopic (exact) mass is 465 g/mol. The third-order valence-electron chi connectivity index (χ3n) is 5.23. The summed E-state index contributed by atoms with van der Waals surface area (Å²) in [6.07, 6.45) is 2.32. The van der Waals surface area contributed by atoms with E-state index in [0.29, 0.717) is 59.7 Å². The first-order chi connectivity index (χ1) is 15.8. The quantitative estimate of drug-likeness (QED) is 0.272. The van der Waals surface area contributed by atoms with E-state index < -0.39 is 5.60 Å². The largest absolute Gasteiger partial charge is 0.398 e.